The summed E-state index contributed by atoms with van der Waals surface area (Å²) in [6.07, 6.45) is -0.298. The van der Waals surface area contributed by atoms with Gasteiger partial charge in [-0.15, -0.1) is 0 Å². The predicted octanol–water partition coefficient (Wildman–Crippen LogP) is 3.88. The van der Waals surface area contributed by atoms with Crippen LogP contribution in [0.2, 0.25) is 0 Å². The predicted molar refractivity (Wildman–Crippen MR) is 73.4 cm³/mol. The van der Waals surface area contributed by atoms with Crippen LogP contribution in [0, 0.1) is 0 Å². The molecular weight excluding hydrogens is 238 g/mol. The second-order valence-electron chi connectivity index (χ2n) is 6.00. The molecule has 2 aliphatic rings. The normalized spacial score (nSPS) is 20.0. The Morgan fingerprint density at radius 3 is 2.68 bits per heavy atom. The van der Waals surface area contributed by atoms with Crippen LogP contribution in [0.3, 0.4) is 0 Å². The summed E-state index contributed by atoms with van der Waals surface area (Å²) in [5.41, 5.74) is 6.96. The lowest BCUT2D eigenvalue weighted by Crippen LogP contribution is -2.34. The number of rotatable bonds is 0. The molecular formula is C16H17NO2. The van der Waals surface area contributed by atoms with Gasteiger partial charge in [0, 0.05) is 5.56 Å². The fourth-order valence-corrected chi connectivity index (χ4v) is 2.67. The van der Waals surface area contributed by atoms with E-state index in [-0.39, 0.29) is 12.1 Å². The fraction of sp³-hybridized carbons (Fsp3) is 0.375. The van der Waals surface area contributed by atoms with Crippen molar-refractivity contribution in [3.05, 3.63) is 46.7 Å². The van der Waals surface area contributed by atoms with E-state index >= 15 is 0 Å². The van der Waals surface area contributed by atoms with Gasteiger partial charge < -0.3 is 4.74 Å². The molecule has 98 valence electrons. The first-order chi connectivity index (χ1) is 8.88. The molecule has 0 radical (unpaired) electrons. The zero-order chi connectivity index (χ0) is 13.8. The Kier molecular flexibility index (Phi) is 2.38. The molecule has 1 aromatic carbocycles. The number of hydrogen-bond acceptors (Lipinski definition) is 2. The number of carbonyl (C=O) groups is 1. The molecule has 3 rings (SSSR count). The lowest BCUT2D eigenvalue weighted by atomic mass is 9.96. The molecule has 2 heterocycles. The van der Waals surface area contributed by atoms with Gasteiger partial charge in [0.15, 0.2) is 0 Å². The average Bonchev–Trinajstić information content (AvgIpc) is 2.79. The minimum Gasteiger partial charge on any atom is -0.443 e. The molecule has 0 aromatic heterocycles. The maximum Gasteiger partial charge on any atom is 0.416 e. The molecule has 0 fully saturated rings. The molecule has 1 atom stereocenters. The minimum atomic E-state index is -0.486. The van der Waals surface area contributed by atoms with Crippen molar-refractivity contribution in [1.82, 2.24) is 4.90 Å². The van der Waals surface area contributed by atoms with Crippen LogP contribution in [-0.2, 0) is 4.74 Å². The summed E-state index contributed by atoms with van der Waals surface area (Å²) < 4.78 is 5.49. The summed E-state index contributed by atoms with van der Waals surface area (Å²) in [7, 11) is 0. The van der Waals surface area contributed by atoms with Crippen LogP contribution in [0.5, 0.6) is 0 Å². The molecule has 19 heavy (non-hydrogen) atoms. The summed E-state index contributed by atoms with van der Waals surface area (Å²) >= 11 is 0. The quantitative estimate of drug-likeness (QED) is 0.658. The third-order valence-corrected chi connectivity index (χ3v) is 3.33. The molecule has 0 aliphatic carbocycles. The Morgan fingerprint density at radius 2 is 2.00 bits per heavy atom. The van der Waals surface area contributed by atoms with Crippen molar-refractivity contribution in [3.63, 3.8) is 0 Å². The van der Waals surface area contributed by atoms with Crippen molar-refractivity contribution < 1.29 is 9.53 Å². The smallest absolute Gasteiger partial charge is 0.416 e. The largest absolute Gasteiger partial charge is 0.443 e. The highest BCUT2D eigenvalue weighted by atomic mass is 16.6. The summed E-state index contributed by atoms with van der Waals surface area (Å²) in [5.74, 6) is 0. The number of hydrogen-bond donors (Lipinski definition) is 0. The number of ether oxygens (including phenoxy) is 1. The van der Waals surface area contributed by atoms with E-state index in [9.17, 15) is 4.79 Å². The summed E-state index contributed by atoms with van der Waals surface area (Å²) in [6, 6.07) is 8.04. The van der Waals surface area contributed by atoms with Crippen LogP contribution in [0.4, 0.5) is 4.79 Å². The zero-order valence-corrected chi connectivity index (χ0v) is 11.7. The molecule has 2 aliphatic heterocycles. The average molecular weight is 255 g/mol. The van der Waals surface area contributed by atoms with Crippen molar-refractivity contribution in [2.45, 2.75) is 39.3 Å². The van der Waals surface area contributed by atoms with E-state index in [0.717, 1.165) is 16.8 Å². The highest BCUT2D eigenvalue weighted by Gasteiger charge is 2.43. The van der Waals surface area contributed by atoms with Gasteiger partial charge in [0.1, 0.15) is 5.60 Å². The van der Waals surface area contributed by atoms with E-state index in [2.05, 4.69) is 11.8 Å². The zero-order valence-electron chi connectivity index (χ0n) is 11.7. The van der Waals surface area contributed by atoms with Crippen LogP contribution in [0.15, 0.2) is 35.6 Å². The lowest BCUT2D eigenvalue weighted by molar-refractivity contribution is 0.0329. The van der Waals surface area contributed by atoms with Gasteiger partial charge in [-0.1, -0.05) is 30.0 Å². The van der Waals surface area contributed by atoms with E-state index in [1.807, 2.05) is 45.9 Å². The molecule has 3 nitrogen and oxygen atoms in total. The number of amides is 1. The van der Waals surface area contributed by atoms with Gasteiger partial charge >= 0.3 is 6.09 Å². The van der Waals surface area contributed by atoms with E-state index in [1.54, 1.807) is 4.90 Å². The first-order valence-corrected chi connectivity index (χ1v) is 6.47. The summed E-state index contributed by atoms with van der Waals surface area (Å²) in [6.45, 7) is 7.64. The van der Waals surface area contributed by atoms with Crippen LogP contribution in [0.25, 0.3) is 5.70 Å². The number of nitrogens with zero attached hydrogens (tertiary/aromatic N) is 1. The molecule has 0 saturated carbocycles. The van der Waals surface area contributed by atoms with Gasteiger partial charge in [0.05, 0.1) is 11.7 Å². The molecule has 0 spiro atoms. The molecule has 1 amide bonds. The van der Waals surface area contributed by atoms with Gasteiger partial charge in [-0.25, -0.2) is 4.79 Å². The van der Waals surface area contributed by atoms with Crippen molar-refractivity contribution >= 4 is 11.8 Å². The number of benzene rings is 1. The Morgan fingerprint density at radius 1 is 1.32 bits per heavy atom. The van der Waals surface area contributed by atoms with Crippen molar-refractivity contribution in [3.8, 4) is 0 Å². The second-order valence-corrected chi connectivity index (χ2v) is 6.00. The highest BCUT2D eigenvalue weighted by Crippen LogP contribution is 2.49. The van der Waals surface area contributed by atoms with Gasteiger partial charge in [-0.3, -0.25) is 4.90 Å². The minimum absolute atomic E-state index is 0.0407. The molecule has 2 bridgehead atoms. The monoisotopic (exact) mass is 255 g/mol. The molecule has 3 heteroatoms. The van der Waals surface area contributed by atoms with Crippen molar-refractivity contribution in [2.24, 2.45) is 0 Å². The van der Waals surface area contributed by atoms with Gasteiger partial charge in [0.2, 0.25) is 0 Å². The summed E-state index contributed by atoms with van der Waals surface area (Å²) in [4.78, 5) is 14.1. The van der Waals surface area contributed by atoms with Crippen molar-refractivity contribution in [2.75, 3.05) is 0 Å². The molecule has 1 unspecified atom stereocenters. The lowest BCUT2D eigenvalue weighted by Gasteiger charge is -2.26. The Hall–Kier alpha value is -1.99. The first kappa shape index (κ1) is 12.1. The third kappa shape index (κ3) is 1.78. The number of carbonyl (C=O) groups excluding carboxylic acids is 1. The third-order valence-electron chi connectivity index (χ3n) is 3.33. The molecule has 0 N–H and O–H groups in total. The second kappa shape index (κ2) is 3.75. The van der Waals surface area contributed by atoms with E-state index in [0.29, 0.717) is 0 Å². The fourth-order valence-electron chi connectivity index (χ4n) is 2.67. The Bertz CT molecular complexity index is 630. The number of fused-ring (bicyclic) bond motifs is 5. The molecule has 0 saturated heterocycles. The SMILES string of the molecule is CC1=C=C2c3ccccc3C1N2C(=O)OC(C)(C)C. The Labute approximate surface area is 113 Å². The maximum absolute atomic E-state index is 12.4. The maximum atomic E-state index is 12.4. The highest BCUT2D eigenvalue weighted by molar-refractivity contribution is 5.90. The van der Waals surface area contributed by atoms with Gasteiger partial charge in [-0.2, -0.15) is 0 Å². The van der Waals surface area contributed by atoms with Crippen molar-refractivity contribution in [1.29, 1.82) is 0 Å². The standard InChI is InChI=1S/C16H17NO2/c1-10-9-13-11-7-5-6-8-12(11)14(10)17(13)15(18)19-16(2,3)4/h5-8,14H,1-4H3. The topological polar surface area (TPSA) is 29.5 Å². The van der Waals surface area contributed by atoms with E-state index < -0.39 is 5.60 Å². The van der Waals surface area contributed by atoms with Crippen LogP contribution < -0.4 is 0 Å². The van der Waals surface area contributed by atoms with E-state index in [4.69, 9.17) is 4.74 Å². The van der Waals surface area contributed by atoms with Gasteiger partial charge in [-0.05, 0) is 38.8 Å². The van der Waals surface area contributed by atoms with Crippen LogP contribution >= 0.6 is 0 Å². The van der Waals surface area contributed by atoms with Gasteiger partial charge in [0.25, 0.3) is 0 Å². The van der Waals surface area contributed by atoms with E-state index in [1.165, 1.54) is 5.56 Å². The Balaban J connectivity index is 1.98. The van der Waals surface area contributed by atoms with Crippen LogP contribution in [-0.4, -0.2) is 16.6 Å². The summed E-state index contributed by atoms with van der Waals surface area (Å²) in [5, 5.41) is 0. The molecule has 1 aromatic rings. The van der Waals surface area contributed by atoms with Crippen LogP contribution in [0.1, 0.15) is 44.9 Å². The first-order valence-electron chi connectivity index (χ1n) is 6.47.